The minimum Gasteiger partial charge on any atom is -0.301 e. The smallest absolute Gasteiger partial charge is 0.270 e. The third-order valence-corrected chi connectivity index (χ3v) is 3.84. The Balaban J connectivity index is 2.06. The molecule has 0 amide bonds. The first-order chi connectivity index (χ1) is 8.65. The highest BCUT2D eigenvalue weighted by Crippen LogP contribution is 2.34. The average Bonchev–Trinajstić information content (AvgIpc) is 2.87. The van der Waals surface area contributed by atoms with Crippen LogP contribution in [0.5, 0.6) is 0 Å². The van der Waals surface area contributed by atoms with Crippen LogP contribution in [0.1, 0.15) is 6.92 Å². The van der Waals surface area contributed by atoms with Gasteiger partial charge in [0.2, 0.25) is 0 Å². The Labute approximate surface area is 107 Å². The van der Waals surface area contributed by atoms with E-state index in [-0.39, 0.29) is 5.69 Å². The van der Waals surface area contributed by atoms with Crippen molar-refractivity contribution in [1.82, 2.24) is 14.8 Å². The predicted octanol–water partition coefficient (Wildman–Crippen LogP) is 2.35. The molecule has 1 atom stereocenters. The van der Waals surface area contributed by atoms with Gasteiger partial charge in [-0.25, -0.2) is 0 Å². The summed E-state index contributed by atoms with van der Waals surface area (Å²) >= 11 is 1.67. The standard InChI is InChI=1S/C11H10N4O2S/c1-7-6-14-10(12-13-11(14)18-7)8-3-2-4-9(5-8)15(16)17/h2-5,7H,6H2,1H3/t7-/m1/s1. The number of rotatable bonds is 2. The van der Waals surface area contributed by atoms with Crippen LogP contribution >= 0.6 is 11.8 Å². The van der Waals surface area contributed by atoms with Gasteiger partial charge >= 0.3 is 0 Å². The SMILES string of the molecule is C[C@@H]1Cn2c(nnc2-c2cccc([N+](=O)[O-])c2)S1. The summed E-state index contributed by atoms with van der Waals surface area (Å²) in [4.78, 5) is 10.4. The third-order valence-electron chi connectivity index (χ3n) is 2.78. The summed E-state index contributed by atoms with van der Waals surface area (Å²) in [6.45, 7) is 2.96. The monoisotopic (exact) mass is 262 g/mol. The van der Waals surface area contributed by atoms with E-state index in [1.165, 1.54) is 12.1 Å². The summed E-state index contributed by atoms with van der Waals surface area (Å²) in [5, 5.41) is 20.3. The predicted molar refractivity (Wildman–Crippen MR) is 67.4 cm³/mol. The summed E-state index contributed by atoms with van der Waals surface area (Å²) in [6.07, 6.45) is 0. The molecule has 0 aliphatic carbocycles. The molecule has 6 nitrogen and oxygen atoms in total. The second kappa shape index (κ2) is 4.09. The molecule has 18 heavy (non-hydrogen) atoms. The minimum absolute atomic E-state index is 0.0727. The number of non-ortho nitro benzene ring substituents is 1. The van der Waals surface area contributed by atoms with Gasteiger partial charge in [0.15, 0.2) is 11.0 Å². The molecule has 1 aliphatic rings. The van der Waals surface area contributed by atoms with Crippen LogP contribution in [-0.4, -0.2) is 24.9 Å². The maximum Gasteiger partial charge on any atom is 0.270 e. The normalized spacial score (nSPS) is 17.7. The van der Waals surface area contributed by atoms with Crippen molar-refractivity contribution in [2.45, 2.75) is 23.9 Å². The Hall–Kier alpha value is -1.89. The average molecular weight is 262 g/mol. The van der Waals surface area contributed by atoms with Crippen LogP contribution in [0.15, 0.2) is 29.4 Å². The van der Waals surface area contributed by atoms with Crippen LogP contribution < -0.4 is 0 Å². The van der Waals surface area contributed by atoms with E-state index in [4.69, 9.17) is 0 Å². The zero-order valence-electron chi connectivity index (χ0n) is 9.61. The van der Waals surface area contributed by atoms with E-state index in [1.807, 2.05) is 10.6 Å². The fraction of sp³-hybridized carbons (Fsp3) is 0.273. The molecule has 2 aromatic rings. The van der Waals surface area contributed by atoms with Gasteiger partial charge in [-0.15, -0.1) is 10.2 Å². The molecule has 0 N–H and O–H groups in total. The van der Waals surface area contributed by atoms with Crippen LogP contribution in [0, 0.1) is 10.1 Å². The number of aromatic nitrogens is 3. The fourth-order valence-corrected chi connectivity index (χ4v) is 2.95. The zero-order valence-corrected chi connectivity index (χ0v) is 10.4. The molecule has 1 aliphatic heterocycles. The van der Waals surface area contributed by atoms with Crippen molar-refractivity contribution < 1.29 is 4.92 Å². The maximum atomic E-state index is 10.8. The quantitative estimate of drug-likeness (QED) is 0.613. The van der Waals surface area contributed by atoms with Crippen molar-refractivity contribution in [3.63, 3.8) is 0 Å². The van der Waals surface area contributed by atoms with Gasteiger partial charge in [0.1, 0.15) is 0 Å². The lowest BCUT2D eigenvalue weighted by Crippen LogP contribution is -2.03. The largest absolute Gasteiger partial charge is 0.301 e. The lowest BCUT2D eigenvalue weighted by atomic mass is 10.2. The Morgan fingerprint density at radius 1 is 1.50 bits per heavy atom. The molecular weight excluding hydrogens is 252 g/mol. The van der Waals surface area contributed by atoms with Gasteiger partial charge in [-0.05, 0) is 0 Å². The van der Waals surface area contributed by atoms with E-state index in [0.717, 1.165) is 17.3 Å². The first-order valence-corrected chi connectivity index (χ1v) is 6.38. The number of nitro groups is 1. The Bertz CT molecular complexity index is 625. The van der Waals surface area contributed by atoms with Crippen molar-refractivity contribution >= 4 is 17.4 Å². The number of thioether (sulfide) groups is 1. The van der Waals surface area contributed by atoms with E-state index >= 15 is 0 Å². The van der Waals surface area contributed by atoms with Crippen LogP contribution in [0.25, 0.3) is 11.4 Å². The van der Waals surface area contributed by atoms with Crippen molar-refractivity contribution in [3.8, 4) is 11.4 Å². The third kappa shape index (κ3) is 1.76. The topological polar surface area (TPSA) is 73.8 Å². The van der Waals surface area contributed by atoms with Gasteiger partial charge < -0.3 is 4.57 Å². The maximum absolute atomic E-state index is 10.8. The van der Waals surface area contributed by atoms with E-state index in [0.29, 0.717) is 11.1 Å². The molecule has 3 rings (SSSR count). The molecule has 7 heteroatoms. The van der Waals surface area contributed by atoms with E-state index in [1.54, 1.807) is 17.8 Å². The molecular formula is C11H10N4O2S. The van der Waals surface area contributed by atoms with E-state index < -0.39 is 4.92 Å². The lowest BCUT2D eigenvalue weighted by Gasteiger charge is -2.03. The van der Waals surface area contributed by atoms with Crippen LogP contribution in [0.2, 0.25) is 0 Å². The lowest BCUT2D eigenvalue weighted by molar-refractivity contribution is -0.384. The molecule has 0 saturated heterocycles. The number of benzene rings is 1. The molecule has 1 aromatic heterocycles. The van der Waals surface area contributed by atoms with Crippen molar-refractivity contribution in [1.29, 1.82) is 0 Å². The highest BCUT2D eigenvalue weighted by atomic mass is 32.2. The van der Waals surface area contributed by atoms with Crippen molar-refractivity contribution in [2.24, 2.45) is 0 Å². The van der Waals surface area contributed by atoms with Gasteiger partial charge in [-0.3, -0.25) is 10.1 Å². The van der Waals surface area contributed by atoms with Crippen LogP contribution in [-0.2, 0) is 6.54 Å². The summed E-state index contributed by atoms with van der Waals surface area (Å²) in [6, 6.07) is 6.49. The number of nitrogens with zero attached hydrogens (tertiary/aromatic N) is 4. The first-order valence-electron chi connectivity index (χ1n) is 5.50. The molecule has 0 unspecified atom stereocenters. The number of hydrogen-bond acceptors (Lipinski definition) is 5. The van der Waals surface area contributed by atoms with Crippen molar-refractivity contribution in [3.05, 3.63) is 34.4 Å². The molecule has 0 bridgehead atoms. The second-order valence-corrected chi connectivity index (χ2v) is 5.56. The molecule has 0 fully saturated rings. The van der Waals surface area contributed by atoms with Gasteiger partial charge in [0, 0.05) is 29.5 Å². The summed E-state index contributed by atoms with van der Waals surface area (Å²) in [5.41, 5.74) is 0.807. The van der Waals surface area contributed by atoms with Gasteiger partial charge in [-0.1, -0.05) is 30.8 Å². The summed E-state index contributed by atoms with van der Waals surface area (Å²) in [5.74, 6) is 0.700. The van der Waals surface area contributed by atoms with Crippen molar-refractivity contribution in [2.75, 3.05) is 0 Å². The Kier molecular flexibility index (Phi) is 2.55. The first kappa shape index (κ1) is 11.2. The second-order valence-electron chi connectivity index (χ2n) is 4.15. The van der Waals surface area contributed by atoms with Crippen LogP contribution in [0.3, 0.4) is 0 Å². The molecule has 92 valence electrons. The number of hydrogen-bond donors (Lipinski definition) is 0. The highest BCUT2D eigenvalue weighted by molar-refractivity contribution is 7.99. The van der Waals surface area contributed by atoms with Gasteiger partial charge in [-0.2, -0.15) is 0 Å². The summed E-state index contributed by atoms with van der Waals surface area (Å²) < 4.78 is 2.01. The molecule has 0 radical (unpaired) electrons. The Morgan fingerprint density at radius 2 is 2.33 bits per heavy atom. The van der Waals surface area contributed by atoms with E-state index in [2.05, 4.69) is 17.1 Å². The highest BCUT2D eigenvalue weighted by Gasteiger charge is 2.24. The van der Waals surface area contributed by atoms with Gasteiger partial charge in [0.25, 0.3) is 5.69 Å². The number of fused-ring (bicyclic) bond motifs is 1. The van der Waals surface area contributed by atoms with E-state index in [9.17, 15) is 10.1 Å². The molecule has 0 saturated carbocycles. The van der Waals surface area contributed by atoms with Crippen LogP contribution in [0.4, 0.5) is 5.69 Å². The fourth-order valence-electron chi connectivity index (χ4n) is 1.99. The zero-order chi connectivity index (χ0) is 12.7. The molecule has 0 spiro atoms. The molecule has 2 heterocycles. The summed E-state index contributed by atoms with van der Waals surface area (Å²) in [7, 11) is 0. The minimum atomic E-state index is -0.401. The number of nitro benzene ring substituents is 1. The van der Waals surface area contributed by atoms with Gasteiger partial charge in [0.05, 0.1) is 4.92 Å². The Morgan fingerprint density at radius 3 is 3.11 bits per heavy atom. The molecule has 1 aromatic carbocycles.